The summed E-state index contributed by atoms with van der Waals surface area (Å²) < 4.78 is 0.853. The molecule has 1 amide bonds. The third-order valence-corrected chi connectivity index (χ3v) is 3.31. The molecule has 1 aliphatic heterocycles. The molecule has 0 unspecified atom stereocenters. The molecule has 0 spiro atoms. The van der Waals surface area contributed by atoms with Crippen LogP contribution in [0.25, 0.3) is 0 Å². The molecule has 0 radical (unpaired) electrons. The molecule has 1 N–H and O–H groups in total. The maximum Gasteiger partial charge on any atom is 0.239 e. The van der Waals surface area contributed by atoms with Gasteiger partial charge in [0, 0.05) is 17.6 Å². The lowest BCUT2D eigenvalue weighted by Gasteiger charge is -2.22. The van der Waals surface area contributed by atoms with Crippen LogP contribution >= 0.6 is 15.9 Å². The Morgan fingerprint density at radius 1 is 1.47 bits per heavy atom. The van der Waals surface area contributed by atoms with Crippen LogP contribution in [0.5, 0.6) is 0 Å². The Morgan fingerprint density at radius 3 is 3.00 bits per heavy atom. The van der Waals surface area contributed by atoms with Crippen LogP contribution in [0, 0.1) is 11.3 Å². The van der Waals surface area contributed by atoms with E-state index in [4.69, 9.17) is 5.26 Å². The average molecular weight is 294 g/mol. The number of carbonyl (C=O) groups is 1. The molecule has 1 fully saturated rings. The maximum absolute atomic E-state index is 11.5. The molecule has 1 aliphatic rings. The SMILES string of the molecule is N#Cc1ccc(N2CCCNC(=O)C2)c(Br)c1. The molecule has 1 heterocycles. The highest BCUT2D eigenvalue weighted by atomic mass is 79.9. The fourth-order valence-corrected chi connectivity index (χ4v) is 2.47. The standard InChI is InChI=1S/C12H12BrN3O/c13-10-6-9(7-14)2-3-11(10)16-5-1-4-15-12(17)8-16/h2-3,6H,1,4-5,8H2,(H,15,17). The Hall–Kier alpha value is -1.54. The van der Waals surface area contributed by atoms with Crippen LogP contribution in [-0.4, -0.2) is 25.5 Å². The van der Waals surface area contributed by atoms with Crippen molar-refractivity contribution < 1.29 is 4.79 Å². The summed E-state index contributed by atoms with van der Waals surface area (Å²) >= 11 is 3.44. The van der Waals surface area contributed by atoms with E-state index >= 15 is 0 Å². The molecular formula is C12H12BrN3O. The molecule has 0 bridgehead atoms. The number of carbonyl (C=O) groups excluding carboxylic acids is 1. The number of nitrogens with zero attached hydrogens (tertiary/aromatic N) is 2. The molecule has 1 aromatic carbocycles. The Bertz CT molecular complexity index is 481. The lowest BCUT2D eigenvalue weighted by Crippen LogP contribution is -2.33. The van der Waals surface area contributed by atoms with Gasteiger partial charge in [0.05, 0.1) is 23.9 Å². The van der Waals surface area contributed by atoms with Crippen LogP contribution < -0.4 is 10.2 Å². The van der Waals surface area contributed by atoms with Gasteiger partial charge in [-0.05, 0) is 40.5 Å². The van der Waals surface area contributed by atoms with Crippen molar-refractivity contribution >= 4 is 27.5 Å². The van der Waals surface area contributed by atoms with Gasteiger partial charge in [-0.3, -0.25) is 4.79 Å². The van der Waals surface area contributed by atoms with Gasteiger partial charge in [-0.2, -0.15) is 5.26 Å². The van der Waals surface area contributed by atoms with Crippen LogP contribution in [-0.2, 0) is 4.79 Å². The molecule has 88 valence electrons. The first-order valence-corrected chi connectivity index (χ1v) is 6.21. The number of rotatable bonds is 1. The van der Waals surface area contributed by atoms with Crippen molar-refractivity contribution in [3.63, 3.8) is 0 Å². The predicted molar refractivity (Wildman–Crippen MR) is 68.7 cm³/mol. The largest absolute Gasteiger partial charge is 0.361 e. The third-order valence-electron chi connectivity index (χ3n) is 2.68. The van der Waals surface area contributed by atoms with Crippen molar-refractivity contribution in [1.82, 2.24) is 5.32 Å². The van der Waals surface area contributed by atoms with Gasteiger partial charge in [0.15, 0.2) is 0 Å². The molecular weight excluding hydrogens is 282 g/mol. The number of nitriles is 1. The smallest absolute Gasteiger partial charge is 0.239 e. The van der Waals surface area contributed by atoms with Crippen molar-refractivity contribution in [2.45, 2.75) is 6.42 Å². The molecule has 17 heavy (non-hydrogen) atoms. The second-order valence-corrected chi connectivity index (χ2v) is 4.76. The van der Waals surface area contributed by atoms with Gasteiger partial charge in [0.2, 0.25) is 5.91 Å². The highest BCUT2D eigenvalue weighted by Gasteiger charge is 2.16. The Labute approximate surface area is 108 Å². The highest BCUT2D eigenvalue weighted by molar-refractivity contribution is 9.10. The fourth-order valence-electron chi connectivity index (χ4n) is 1.84. The summed E-state index contributed by atoms with van der Waals surface area (Å²) in [6, 6.07) is 7.51. The highest BCUT2D eigenvalue weighted by Crippen LogP contribution is 2.27. The first kappa shape index (κ1) is 11.9. The van der Waals surface area contributed by atoms with Crippen LogP contribution in [0.1, 0.15) is 12.0 Å². The zero-order chi connectivity index (χ0) is 12.3. The second kappa shape index (κ2) is 5.19. The first-order valence-electron chi connectivity index (χ1n) is 5.42. The molecule has 5 heteroatoms. The number of amides is 1. The normalized spacial score (nSPS) is 16.0. The summed E-state index contributed by atoms with van der Waals surface area (Å²) in [5.41, 5.74) is 1.57. The molecule has 0 aromatic heterocycles. The summed E-state index contributed by atoms with van der Waals surface area (Å²) in [5.74, 6) is 0.0405. The van der Waals surface area contributed by atoms with Gasteiger partial charge in [-0.15, -0.1) is 0 Å². The quantitative estimate of drug-likeness (QED) is 0.857. The molecule has 0 aliphatic carbocycles. The topological polar surface area (TPSA) is 56.1 Å². The summed E-state index contributed by atoms with van der Waals surface area (Å²) in [7, 11) is 0. The van der Waals surface area contributed by atoms with E-state index in [0.717, 1.165) is 29.7 Å². The summed E-state index contributed by atoms with van der Waals surface area (Å²) in [4.78, 5) is 13.5. The van der Waals surface area contributed by atoms with Crippen molar-refractivity contribution in [2.24, 2.45) is 0 Å². The second-order valence-electron chi connectivity index (χ2n) is 3.90. The molecule has 2 rings (SSSR count). The van der Waals surface area contributed by atoms with Crippen LogP contribution in [0.15, 0.2) is 22.7 Å². The zero-order valence-electron chi connectivity index (χ0n) is 9.24. The summed E-state index contributed by atoms with van der Waals surface area (Å²) in [6.07, 6.45) is 0.929. The van der Waals surface area contributed by atoms with Gasteiger partial charge in [-0.25, -0.2) is 0 Å². The van der Waals surface area contributed by atoms with E-state index in [9.17, 15) is 4.79 Å². The minimum atomic E-state index is 0.0405. The van der Waals surface area contributed by atoms with Crippen LogP contribution in [0.4, 0.5) is 5.69 Å². The van der Waals surface area contributed by atoms with E-state index in [1.807, 2.05) is 11.0 Å². The average Bonchev–Trinajstić information content (AvgIpc) is 2.53. The lowest BCUT2D eigenvalue weighted by molar-refractivity contribution is -0.119. The fraction of sp³-hybridized carbons (Fsp3) is 0.333. The molecule has 1 saturated heterocycles. The number of anilines is 1. The minimum absolute atomic E-state index is 0.0405. The van der Waals surface area contributed by atoms with E-state index in [1.165, 1.54) is 0 Å². The summed E-state index contributed by atoms with van der Waals surface area (Å²) in [5, 5.41) is 11.6. The van der Waals surface area contributed by atoms with E-state index in [2.05, 4.69) is 27.3 Å². The van der Waals surface area contributed by atoms with E-state index in [0.29, 0.717) is 12.1 Å². The molecule has 0 saturated carbocycles. The van der Waals surface area contributed by atoms with Gasteiger partial charge in [0.1, 0.15) is 0 Å². The van der Waals surface area contributed by atoms with E-state index in [-0.39, 0.29) is 5.91 Å². The van der Waals surface area contributed by atoms with E-state index in [1.54, 1.807) is 12.1 Å². The zero-order valence-corrected chi connectivity index (χ0v) is 10.8. The van der Waals surface area contributed by atoms with Crippen molar-refractivity contribution in [1.29, 1.82) is 5.26 Å². The van der Waals surface area contributed by atoms with E-state index < -0.39 is 0 Å². The monoisotopic (exact) mass is 293 g/mol. The third kappa shape index (κ3) is 2.77. The van der Waals surface area contributed by atoms with Crippen LogP contribution in [0.3, 0.4) is 0 Å². The Kier molecular flexibility index (Phi) is 3.64. The predicted octanol–water partition coefficient (Wildman–Crippen LogP) is 1.65. The summed E-state index contributed by atoms with van der Waals surface area (Å²) in [6.45, 7) is 1.93. The van der Waals surface area contributed by atoms with Crippen molar-refractivity contribution in [3.8, 4) is 6.07 Å². The van der Waals surface area contributed by atoms with Crippen molar-refractivity contribution in [2.75, 3.05) is 24.5 Å². The lowest BCUT2D eigenvalue weighted by atomic mass is 10.2. The molecule has 1 aromatic rings. The Morgan fingerprint density at radius 2 is 2.29 bits per heavy atom. The van der Waals surface area contributed by atoms with Gasteiger partial charge < -0.3 is 10.2 Å². The number of nitrogens with one attached hydrogen (secondary N) is 1. The molecule has 4 nitrogen and oxygen atoms in total. The minimum Gasteiger partial charge on any atom is -0.361 e. The maximum atomic E-state index is 11.5. The number of benzene rings is 1. The number of halogens is 1. The number of hydrogen-bond acceptors (Lipinski definition) is 3. The first-order chi connectivity index (χ1) is 8.20. The van der Waals surface area contributed by atoms with Gasteiger partial charge >= 0.3 is 0 Å². The van der Waals surface area contributed by atoms with Gasteiger partial charge in [-0.1, -0.05) is 0 Å². The van der Waals surface area contributed by atoms with Gasteiger partial charge in [0.25, 0.3) is 0 Å². The van der Waals surface area contributed by atoms with Crippen molar-refractivity contribution in [3.05, 3.63) is 28.2 Å². The van der Waals surface area contributed by atoms with Crippen LogP contribution in [0.2, 0.25) is 0 Å². The number of hydrogen-bond donors (Lipinski definition) is 1. The molecule has 0 atom stereocenters. The Balaban J connectivity index is 2.27.